The summed E-state index contributed by atoms with van der Waals surface area (Å²) in [5.41, 5.74) is 0.656. The molecule has 98 valence electrons. The highest BCUT2D eigenvalue weighted by atomic mass is 16.5. The third kappa shape index (κ3) is 4.55. The molecule has 0 aliphatic rings. The van der Waals surface area contributed by atoms with E-state index in [1.165, 1.54) is 13.8 Å². The van der Waals surface area contributed by atoms with Gasteiger partial charge >= 0.3 is 5.97 Å². The van der Waals surface area contributed by atoms with Gasteiger partial charge in [0.15, 0.2) is 0 Å². The molecule has 18 heavy (non-hydrogen) atoms. The summed E-state index contributed by atoms with van der Waals surface area (Å²) in [4.78, 5) is 21.8. The smallest absolute Gasteiger partial charge is 0.302 e. The SMILES string of the molecule is CC(=O)N[C@H](COC(C)=O)[C@H](O)c1ccccc1. The first kappa shape index (κ1) is 14.2. The minimum absolute atomic E-state index is 0.0645. The van der Waals surface area contributed by atoms with E-state index in [4.69, 9.17) is 4.74 Å². The number of hydrogen-bond donors (Lipinski definition) is 2. The van der Waals surface area contributed by atoms with Crippen molar-refractivity contribution in [3.8, 4) is 0 Å². The normalized spacial score (nSPS) is 13.5. The highest BCUT2D eigenvalue weighted by molar-refractivity contribution is 5.73. The fraction of sp³-hybridized carbons (Fsp3) is 0.385. The van der Waals surface area contributed by atoms with Crippen LogP contribution in [0.2, 0.25) is 0 Å². The molecule has 0 unspecified atom stereocenters. The lowest BCUT2D eigenvalue weighted by atomic mass is 10.0. The Hall–Kier alpha value is -1.88. The lowest BCUT2D eigenvalue weighted by Crippen LogP contribution is -2.41. The Morgan fingerprint density at radius 1 is 1.28 bits per heavy atom. The van der Waals surface area contributed by atoms with E-state index in [0.29, 0.717) is 5.56 Å². The predicted octanol–water partition coefficient (Wildman–Crippen LogP) is 0.788. The van der Waals surface area contributed by atoms with Crippen molar-refractivity contribution in [2.75, 3.05) is 6.61 Å². The summed E-state index contributed by atoms with van der Waals surface area (Å²) in [6.45, 7) is 2.56. The Morgan fingerprint density at radius 2 is 1.89 bits per heavy atom. The Morgan fingerprint density at radius 3 is 2.39 bits per heavy atom. The van der Waals surface area contributed by atoms with Gasteiger partial charge in [0.25, 0.3) is 0 Å². The van der Waals surface area contributed by atoms with Crippen molar-refractivity contribution in [1.82, 2.24) is 5.32 Å². The van der Waals surface area contributed by atoms with E-state index >= 15 is 0 Å². The topological polar surface area (TPSA) is 75.6 Å². The van der Waals surface area contributed by atoms with E-state index in [9.17, 15) is 14.7 Å². The molecule has 2 N–H and O–H groups in total. The van der Waals surface area contributed by atoms with Gasteiger partial charge in [-0.1, -0.05) is 30.3 Å². The van der Waals surface area contributed by atoms with Crippen LogP contribution in [0.15, 0.2) is 30.3 Å². The van der Waals surface area contributed by atoms with Gasteiger partial charge in [-0.15, -0.1) is 0 Å². The molecule has 5 heteroatoms. The number of esters is 1. The number of nitrogens with one attached hydrogen (secondary N) is 1. The van der Waals surface area contributed by atoms with Gasteiger partial charge in [0.2, 0.25) is 5.91 Å². The molecule has 5 nitrogen and oxygen atoms in total. The van der Waals surface area contributed by atoms with Crippen LogP contribution in [0.5, 0.6) is 0 Å². The molecular formula is C13H17NO4. The van der Waals surface area contributed by atoms with Crippen molar-refractivity contribution >= 4 is 11.9 Å². The van der Waals surface area contributed by atoms with Crippen molar-refractivity contribution in [3.05, 3.63) is 35.9 Å². The van der Waals surface area contributed by atoms with Gasteiger partial charge in [-0.05, 0) is 5.56 Å². The van der Waals surface area contributed by atoms with E-state index in [1.54, 1.807) is 24.3 Å². The molecule has 0 aromatic heterocycles. The highest BCUT2D eigenvalue weighted by Crippen LogP contribution is 2.16. The van der Waals surface area contributed by atoms with Crippen LogP contribution < -0.4 is 5.32 Å². The van der Waals surface area contributed by atoms with Crippen LogP contribution in [0.1, 0.15) is 25.5 Å². The van der Waals surface area contributed by atoms with E-state index in [-0.39, 0.29) is 12.5 Å². The Labute approximate surface area is 106 Å². The van der Waals surface area contributed by atoms with Crippen molar-refractivity contribution in [1.29, 1.82) is 0 Å². The minimum Gasteiger partial charge on any atom is -0.464 e. The Bertz CT molecular complexity index is 405. The van der Waals surface area contributed by atoms with Crippen molar-refractivity contribution in [3.63, 3.8) is 0 Å². The molecule has 0 aliphatic carbocycles. The van der Waals surface area contributed by atoms with Crippen molar-refractivity contribution in [2.24, 2.45) is 0 Å². The van der Waals surface area contributed by atoms with E-state index in [2.05, 4.69) is 5.32 Å². The summed E-state index contributed by atoms with van der Waals surface area (Å²) in [6, 6.07) is 8.23. The molecule has 0 saturated carbocycles. The fourth-order valence-corrected chi connectivity index (χ4v) is 1.56. The highest BCUT2D eigenvalue weighted by Gasteiger charge is 2.22. The molecule has 0 aliphatic heterocycles. The number of ether oxygens (including phenoxy) is 1. The third-order valence-electron chi connectivity index (χ3n) is 2.38. The number of rotatable bonds is 5. The number of aliphatic hydroxyl groups is 1. The lowest BCUT2D eigenvalue weighted by Gasteiger charge is -2.23. The van der Waals surface area contributed by atoms with Gasteiger partial charge < -0.3 is 15.2 Å². The largest absolute Gasteiger partial charge is 0.464 e. The zero-order valence-electron chi connectivity index (χ0n) is 10.4. The predicted molar refractivity (Wildman–Crippen MR) is 65.6 cm³/mol. The summed E-state index contributed by atoms with van der Waals surface area (Å²) >= 11 is 0. The van der Waals surface area contributed by atoms with Crippen LogP contribution in [0.25, 0.3) is 0 Å². The first-order valence-corrected chi connectivity index (χ1v) is 5.64. The Kier molecular flexibility index (Phi) is 5.32. The maximum atomic E-state index is 11.1. The molecule has 0 spiro atoms. The van der Waals surface area contributed by atoms with Gasteiger partial charge in [0.1, 0.15) is 12.7 Å². The van der Waals surface area contributed by atoms with Crippen LogP contribution in [0.4, 0.5) is 0 Å². The monoisotopic (exact) mass is 251 g/mol. The summed E-state index contributed by atoms with van der Waals surface area (Å²) < 4.78 is 4.83. The average Bonchev–Trinajstić information content (AvgIpc) is 2.34. The molecule has 1 rings (SSSR count). The zero-order chi connectivity index (χ0) is 13.5. The second-order valence-corrected chi connectivity index (χ2v) is 3.97. The number of carbonyl (C=O) groups excluding carboxylic acids is 2. The van der Waals surface area contributed by atoms with Crippen LogP contribution in [-0.2, 0) is 14.3 Å². The molecule has 0 saturated heterocycles. The number of hydrogen-bond acceptors (Lipinski definition) is 4. The van der Waals surface area contributed by atoms with Gasteiger partial charge in [-0.3, -0.25) is 9.59 Å². The van der Waals surface area contributed by atoms with E-state index < -0.39 is 18.1 Å². The summed E-state index contributed by atoms with van der Waals surface area (Å²) in [5.74, 6) is -0.743. The van der Waals surface area contributed by atoms with E-state index in [0.717, 1.165) is 0 Å². The molecule has 0 heterocycles. The number of benzene rings is 1. The molecule has 1 aromatic rings. The average molecular weight is 251 g/mol. The lowest BCUT2D eigenvalue weighted by molar-refractivity contribution is -0.143. The first-order valence-electron chi connectivity index (χ1n) is 5.64. The quantitative estimate of drug-likeness (QED) is 0.759. The van der Waals surface area contributed by atoms with Crippen LogP contribution >= 0.6 is 0 Å². The number of amides is 1. The maximum Gasteiger partial charge on any atom is 0.302 e. The van der Waals surface area contributed by atoms with Crippen LogP contribution in [0, 0.1) is 0 Å². The molecular weight excluding hydrogens is 234 g/mol. The van der Waals surface area contributed by atoms with Crippen molar-refractivity contribution < 1.29 is 19.4 Å². The minimum atomic E-state index is -0.922. The molecule has 2 atom stereocenters. The fourth-order valence-electron chi connectivity index (χ4n) is 1.56. The maximum absolute atomic E-state index is 11.1. The van der Waals surface area contributed by atoms with Crippen LogP contribution in [-0.4, -0.2) is 29.6 Å². The third-order valence-corrected chi connectivity index (χ3v) is 2.38. The molecule has 0 fully saturated rings. The molecule has 0 bridgehead atoms. The molecule has 1 amide bonds. The zero-order valence-corrected chi connectivity index (χ0v) is 10.4. The van der Waals surface area contributed by atoms with Gasteiger partial charge in [-0.25, -0.2) is 0 Å². The van der Waals surface area contributed by atoms with Crippen LogP contribution in [0.3, 0.4) is 0 Å². The Balaban J connectivity index is 2.75. The second kappa shape index (κ2) is 6.76. The second-order valence-electron chi connectivity index (χ2n) is 3.97. The first-order chi connectivity index (χ1) is 8.50. The standard InChI is InChI=1S/C13H17NO4/c1-9(15)14-12(8-18-10(2)16)13(17)11-6-4-3-5-7-11/h3-7,12-13,17H,8H2,1-2H3,(H,14,15)/t12-,13-/m1/s1. The summed E-state index contributed by atoms with van der Waals surface area (Å²) in [7, 11) is 0. The van der Waals surface area contributed by atoms with Gasteiger partial charge in [0.05, 0.1) is 6.04 Å². The summed E-state index contributed by atoms with van der Waals surface area (Å²) in [5, 5.41) is 12.7. The molecule has 1 aromatic carbocycles. The molecule has 0 radical (unpaired) electrons. The van der Waals surface area contributed by atoms with Gasteiger partial charge in [0, 0.05) is 13.8 Å². The number of aliphatic hydroxyl groups excluding tert-OH is 1. The van der Waals surface area contributed by atoms with Crippen molar-refractivity contribution in [2.45, 2.75) is 26.0 Å². The van der Waals surface area contributed by atoms with E-state index in [1.807, 2.05) is 6.07 Å². The van der Waals surface area contributed by atoms with Gasteiger partial charge in [-0.2, -0.15) is 0 Å². The number of carbonyl (C=O) groups is 2. The summed E-state index contributed by atoms with van der Waals surface area (Å²) in [6.07, 6.45) is -0.922.